The Balaban J connectivity index is 0.000000153. The van der Waals surface area contributed by atoms with Gasteiger partial charge in [-0.25, -0.2) is 0 Å². The number of piperazine rings is 3. The van der Waals surface area contributed by atoms with Crippen molar-refractivity contribution in [1.82, 2.24) is 4.90 Å². The minimum absolute atomic E-state index is 1.36. The van der Waals surface area contributed by atoms with Crippen molar-refractivity contribution in [3.63, 3.8) is 0 Å². The molecule has 3 heterocycles. The Kier molecular flexibility index (Phi) is 4.93. The molecule has 1 N–H and O–H groups in total. The van der Waals surface area contributed by atoms with Crippen molar-refractivity contribution in [1.29, 1.82) is 0 Å². The summed E-state index contributed by atoms with van der Waals surface area (Å²) in [5, 5.41) is 9.51. The molecule has 2 bridgehead atoms. The first-order valence-electron chi connectivity index (χ1n) is 4.73. The van der Waals surface area contributed by atoms with E-state index in [2.05, 4.69) is 4.90 Å². The van der Waals surface area contributed by atoms with E-state index >= 15 is 0 Å². The Hall–Kier alpha value is 0.260. The van der Waals surface area contributed by atoms with Crippen molar-refractivity contribution in [2.24, 2.45) is 0 Å². The average molecular weight is 276 g/mol. The number of fused-ring (bicyclic) bond motifs is 3. The molecule has 15 heavy (non-hydrogen) atoms. The highest BCUT2D eigenvalue weighted by Crippen LogP contribution is 2.24. The Labute approximate surface area is 104 Å². The Morgan fingerprint density at radius 2 is 1.47 bits per heavy atom. The topological polar surface area (TPSA) is 47.8 Å². The van der Waals surface area contributed by atoms with Gasteiger partial charge in [-0.05, 0) is 0 Å². The fourth-order valence-corrected chi connectivity index (χ4v) is 1.66. The summed E-state index contributed by atoms with van der Waals surface area (Å²) in [6.07, 6.45) is 0. The van der Waals surface area contributed by atoms with Crippen LogP contribution in [0.1, 0.15) is 0 Å². The summed E-state index contributed by atoms with van der Waals surface area (Å²) in [6, 6.07) is 0. The minimum Gasteiger partial charge on any atom is -0.545 e. The minimum atomic E-state index is -2.28. The maximum atomic E-state index is 9.51. The van der Waals surface area contributed by atoms with Gasteiger partial charge < -0.3 is 14.8 Å². The van der Waals surface area contributed by atoms with Crippen LogP contribution in [0.15, 0.2) is 0 Å². The molecule has 3 aliphatic rings. The van der Waals surface area contributed by atoms with Crippen molar-refractivity contribution in [3.8, 4) is 0 Å². The number of nitrogens with zero attached hydrogens (tertiary/aromatic N) is 1. The van der Waals surface area contributed by atoms with Gasteiger partial charge in [0.15, 0.2) is 0 Å². The lowest BCUT2D eigenvalue weighted by atomic mass is 10.2. The summed E-state index contributed by atoms with van der Waals surface area (Å²) in [5.74, 6) is -1.71. The van der Waals surface area contributed by atoms with Crippen LogP contribution >= 0.6 is 34.8 Å². The van der Waals surface area contributed by atoms with Crippen LogP contribution in [0.5, 0.6) is 0 Å². The largest absolute Gasteiger partial charge is 0.545 e. The van der Waals surface area contributed by atoms with Gasteiger partial charge in [-0.15, -0.1) is 0 Å². The number of carboxylic acid groups (broad SMARTS) is 1. The van der Waals surface area contributed by atoms with E-state index in [0.717, 1.165) is 0 Å². The normalized spacial score (nSPS) is 29.3. The first kappa shape index (κ1) is 13.3. The molecule has 0 saturated carbocycles. The molecule has 3 rings (SSSR count). The second-order valence-electron chi connectivity index (χ2n) is 3.63. The van der Waals surface area contributed by atoms with Gasteiger partial charge in [0.25, 0.3) is 0 Å². The van der Waals surface area contributed by atoms with Gasteiger partial charge in [0.2, 0.25) is 3.79 Å². The molecule has 3 aliphatic heterocycles. The molecule has 0 spiro atoms. The third-order valence-corrected chi connectivity index (χ3v) is 3.04. The fourth-order valence-electron chi connectivity index (χ4n) is 1.66. The van der Waals surface area contributed by atoms with Crippen LogP contribution < -0.4 is 10.0 Å². The van der Waals surface area contributed by atoms with Crippen molar-refractivity contribution >= 4 is 40.8 Å². The smallest absolute Gasteiger partial charge is 0.230 e. The number of nitrogens with one attached hydrogen (secondary N) is 1. The van der Waals surface area contributed by atoms with Crippen molar-refractivity contribution in [3.05, 3.63) is 0 Å². The number of halogens is 3. The molecule has 0 aromatic rings. The maximum absolute atomic E-state index is 9.51. The monoisotopic (exact) mass is 274 g/mol. The van der Waals surface area contributed by atoms with E-state index in [1.165, 1.54) is 39.3 Å². The molecule has 88 valence electrons. The van der Waals surface area contributed by atoms with E-state index in [9.17, 15) is 9.90 Å². The molecular formula is C8H13Cl3N2O2. The number of hydrogen-bond donors (Lipinski definition) is 1. The molecule has 3 fully saturated rings. The van der Waals surface area contributed by atoms with Crippen LogP contribution in [-0.4, -0.2) is 53.9 Å². The molecule has 0 aliphatic carbocycles. The number of quaternary nitrogens is 1. The summed E-state index contributed by atoms with van der Waals surface area (Å²) >= 11 is 14.2. The molecule has 3 saturated heterocycles. The number of aliphatic carboxylic acids is 1. The Bertz CT molecular complexity index is 201. The van der Waals surface area contributed by atoms with E-state index in [1.54, 1.807) is 0 Å². The van der Waals surface area contributed by atoms with Crippen LogP contribution in [-0.2, 0) is 4.79 Å². The zero-order chi connectivity index (χ0) is 11.5. The highest BCUT2D eigenvalue weighted by molar-refractivity contribution is 6.75. The molecule has 0 radical (unpaired) electrons. The van der Waals surface area contributed by atoms with Gasteiger partial charge >= 0.3 is 0 Å². The van der Waals surface area contributed by atoms with Crippen molar-refractivity contribution < 1.29 is 14.8 Å². The van der Waals surface area contributed by atoms with Crippen LogP contribution in [0.3, 0.4) is 0 Å². The van der Waals surface area contributed by atoms with Gasteiger partial charge in [-0.3, -0.25) is 4.90 Å². The van der Waals surface area contributed by atoms with Crippen LogP contribution in [0.25, 0.3) is 0 Å². The Morgan fingerprint density at radius 1 is 1.13 bits per heavy atom. The number of hydrogen-bond acceptors (Lipinski definition) is 3. The predicted molar refractivity (Wildman–Crippen MR) is 57.3 cm³/mol. The van der Waals surface area contributed by atoms with E-state index in [-0.39, 0.29) is 0 Å². The quantitative estimate of drug-likeness (QED) is 0.537. The summed E-state index contributed by atoms with van der Waals surface area (Å²) in [4.78, 5) is 13.9. The summed E-state index contributed by atoms with van der Waals surface area (Å²) in [7, 11) is 0. The van der Waals surface area contributed by atoms with E-state index in [1.807, 2.05) is 4.90 Å². The third kappa shape index (κ3) is 4.74. The van der Waals surface area contributed by atoms with Crippen LogP contribution in [0.2, 0.25) is 0 Å². The SMILES string of the molecule is C1C[NH+]2CCN1CC2.O=C([O-])C(Cl)(Cl)Cl. The molecule has 0 amide bonds. The first-order chi connectivity index (χ1) is 6.89. The standard InChI is InChI=1S/C6H12N2.C2HCl3O2/c1-2-8-5-3-7(1)4-6-8;3-2(4,5)1(6)7/h1-6H2;(H,6,7). The second kappa shape index (κ2) is 5.55. The number of carbonyl (C=O) groups is 1. The number of carboxylic acids is 1. The zero-order valence-corrected chi connectivity index (χ0v) is 10.4. The number of alkyl halides is 3. The zero-order valence-electron chi connectivity index (χ0n) is 8.14. The predicted octanol–water partition coefficient (Wildman–Crippen LogP) is -1.69. The number of carbonyl (C=O) groups excluding carboxylic acids is 1. The van der Waals surface area contributed by atoms with Crippen molar-refractivity contribution in [2.45, 2.75) is 3.79 Å². The fraction of sp³-hybridized carbons (Fsp3) is 0.875. The lowest BCUT2D eigenvalue weighted by Crippen LogP contribution is -3.17. The highest BCUT2D eigenvalue weighted by Gasteiger charge is 2.25. The van der Waals surface area contributed by atoms with Gasteiger partial charge in [0.1, 0.15) is 0 Å². The molecule has 4 nitrogen and oxygen atoms in total. The van der Waals surface area contributed by atoms with Gasteiger partial charge in [0.05, 0.1) is 25.6 Å². The van der Waals surface area contributed by atoms with E-state index < -0.39 is 9.76 Å². The molecular weight excluding hydrogens is 262 g/mol. The van der Waals surface area contributed by atoms with Crippen LogP contribution in [0, 0.1) is 0 Å². The summed E-state index contributed by atoms with van der Waals surface area (Å²) in [5.41, 5.74) is 0. The number of rotatable bonds is 0. The third-order valence-electron chi connectivity index (χ3n) is 2.58. The average Bonchev–Trinajstić information content (AvgIpc) is 2.20. The van der Waals surface area contributed by atoms with Crippen LogP contribution in [0.4, 0.5) is 0 Å². The molecule has 7 heteroatoms. The summed E-state index contributed by atoms with van der Waals surface area (Å²) < 4.78 is -2.28. The second-order valence-corrected chi connectivity index (χ2v) is 5.91. The van der Waals surface area contributed by atoms with Gasteiger partial charge in [-0.1, -0.05) is 34.8 Å². The van der Waals surface area contributed by atoms with Gasteiger partial charge in [0, 0.05) is 19.6 Å². The maximum Gasteiger partial charge on any atom is 0.230 e. The van der Waals surface area contributed by atoms with Crippen molar-refractivity contribution in [2.75, 3.05) is 39.3 Å². The molecule has 0 atom stereocenters. The summed E-state index contributed by atoms with van der Waals surface area (Å²) in [6.45, 7) is 8.28. The Morgan fingerprint density at radius 3 is 1.53 bits per heavy atom. The molecule has 0 aromatic carbocycles. The van der Waals surface area contributed by atoms with Gasteiger partial charge in [-0.2, -0.15) is 0 Å². The highest BCUT2D eigenvalue weighted by atomic mass is 35.6. The lowest BCUT2D eigenvalue weighted by Gasteiger charge is -2.38. The first-order valence-corrected chi connectivity index (χ1v) is 5.87. The van der Waals surface area contributed by atoms with E-state index in [0.29, 0.717) is 0 Å². The van der Waals surface area contributed by atoms with E-state index in [4.69, 9.17) is 34.8 Å². The molecule has 0 aromatic heterocycles. The molecule has 0 unspecified atom stereocenters. The lowest BCUT2D eigenvalue weighted by molar-refractivity contribution is -0.914.